The van der Waals surface area contributed by atoms with Crippen molar-refractivity contribution in [2.45, 2.75) is 12.5 Å². The van der Waals surface area contributed by atoms with Gasteiger partial charge in [-0.25, -0.2) is 4.79 Å². The zero-order valence-electron chi connectivity index (χ0n) is 10.1. The van der Waals surface area contributed by atoms with Gasteiger partial charge in [-0.15, -0.1) is 5.06 Å². The smallest absolute Gasteiger partial charge is 0.349 e. The van der Waals surface area contributed by atoms with Crippen LogP contribution in [0, 0.1) is 0 Å². The Bertz CT molecular complexity index is 430. The highest BCUT2D eigenvalue weighted by Crippen LogP contribution is 2.09. The van der Waals surface area contributed by atoms with Crippen molar-refractivity contribution in [1.29, 1.82) is 0 Å². The minimum Gasteiger partial charge on any atom is -0.480 e. The third-order valence-electron chi connectivity index (χ3n) is 2.40. The fourth-order valence-electron chi connectivity index (χ4n) is 1.45. The van der Waals surface area contributed by atoms with Crippen LogP contribution in [0.2, 0.25) is 0 Å². The van der Waals surface area contributed by atoms with Gasteiger partial charge in [-0.3, -0.25) is 4.79 Å². The van der Waals surface area contributed by atoms with E-state index in [-0.39, 0.29) is 6.42 Å². The van der Waals surface area contributed by atoms with Crippen LogP contribution in [0.15, 0.2) is 43.0 Å². The maximum absolute atomic E-state index is 11.2. The highest BCUT2D eigenvalue weighted by atomic mass is 16.7. The van der Waals surface area contributed by atoms with E-state index < -0.39 is 18.0 Å². The van der Waals surface area contributed by atoms with Gasteiger partial charge in [0.1, 0.15) is 6.04 Å². The fraction of sp³-hybridized carbons (Fsp3) is 0.231. The van der Waals surface area contributed by atoms with Gasteiger partial charge in [-0.1, -0.05) is 36.9 Å². The first kappa shape index (κ1) is 13.9. The Labute approximate surface area is 105 Å². The molecule has 0 aliphatic rings. The van der Waals surface area contributed by atoms with Crippen LogP contribution < -0.4 is 0 Å². The lowest BCUT2D eigenvalue weighted by atomic mass is 10.1. The molecule has 1 aromatic rings. The molecule has 0 amide bonds. The number of carboxylic acids is 1. The van der Waals surface area contributed by atoms with Gasteiger partial charge in [0.05, 0.1) is 0 Å². The fourth-order valence-corrected chi connectivity index (χ4v) is 1.45. The maximum atomic E-state index is 11.2. The van der Waals surface area contributed by atoms with Crippen molar-refractivity contribution in [3.8, 4) is 0 Å². The Hall–Kier alpha value is -2.14. The third-order valence-corrected chi connectivity index (χ3v) is 2.40. The van der Waals surface area contributed by atoms with E-state index in [1.54, 1.807) is 0 Å². The second-order valence-electron chi connectivity index (χ2n) is 3.70. The normalized spacial score (nSPS) is 11.9. The van der Waals surface area contributed by atoms with Gasteiger partial charge in [0.15, 0.2) is 0 Å². The molecule has 0 fully saturated rings. The number of benzene rings is 1. The number of hydroxylamine groups is 2. The van der Waals surface area contributed by atoms with Crippen LogP contribution in [0.3, 0.4) is 0 Å². The summed E-state index contributed by atoms with van der Waals surface area (Å²) in [6.07, 6.45) is 1.23. The molecule has 0 aliphatic heterocycles. The van der Waals surface area contributed by atoms with E-state index in [0.29, 0.717) is 0 Å². The van der Waals surface area contributed by atoms with Crippen LogP contribution in [0.25, 0.3) is 0 Å². The quantitative estimate of drug-likeness (QED) is 0.607. The average Bonchev–Trinajstić information content (AvgIpc) is 2.36. The van der Waals surface area contributed by atoms with E-state index in [0.717, 1.165) is 16.7 Å². The third kappa shape index (κ3) is 4.03. The SMILES string of the molecule is C=CC(=O)ON(C)[C@@H](Cc1ccccc1)C(=O)O. The number of hydrogen-bond acceptors (Lipinski definition) is 4. The average molecular weight is 249 g/mol. The minimum atomic E-state index is -1.06. The molecule has 0 spiro atoms. The predicted molar refractivity (Wildman–Crippen MR) is 65.6 cm³/mol. The first-order valence-corrected chi connectivity index (χ1v) is 5.38. The van der Waals surface area contributed by atoms with Crippen molar-refractivity contribution < 1.29 is 19.5 Å². The van der Waals surface area contributed by atoms with E-state index in [2.05, 4.69) is 6.58 Å². The standard InChI is InChI=1S/C13H15NO4/c1-3-12(15)18-14(2)11(13(16)17)9-10-7-5-4-6-8-10/h3-8,11H,1,9H2,2H3,(H,16,17)/t11-/m0/s1. The van der Waals surface area contributed by atoms with E-state index in [9.17, 15) is 9.59 Å². The van der Waals surface area contributed by atoms with Gasteiger partial charge in [-0.2, -0.15) is 0 Å². The Morgan fingerprint density at radius 2 is 2.06 bits per heavy atom. The van der Waals surface area contributed by atoms with Crippen molar-refractivity contribution in [2.75, 3.05) is 7.05 Å². The van der Waals surface area contributed by atoms with Gasteiger partial charge >= 0.3 is 11.9 Å². The summed E-state index contributed by atoms with van der Waals surface area (Å²) in [6.45, 7) is 3.25. The summed E-state index contributed by atoms with van der Waals surface area (Å²) in [5.41, 5.74) is 0.853. The number of aliphatic carboxylic acids is 1. The van der Waals surface area contributed by atoms with E-state index in [1.165, 1.54) is 7.05 Å². The lowest BCUT2D eigenvalue weighted by Crippen LogP contribution is -2.41. The molecule has 0 aliphatic carbocycles. The molecule has 0 saturated heterocycles. The van der Waals surface area contributed by atoms with E-state index in [1.807, 2.05) is 30.3 Å². The van der Waals surface area contributed by atoms with Crippen molar-refractivity contribution >= 4 is 11.9 Å². The number of carboxylic acid groups (broad SMARTS) is 1. The van der Waals surface area contributed by atoms with E-state index in [4.69, 9.17) is 9.94 Å². The second kappa shape index (κ2) is 6.56. The van der Waals surface area contributed by atoms with E-state index >= 15 is 0 Å². The van der Waals surface area contributed by atoms with Gasteiger partial charge in [0.25, 0.3) is 0 Å². The van der Waals surface area contributed by atoms with Crippen LogP contribution >= 0.6 is 0 Å². The summed E-state index contributed by atoms with van der Waals surface area (Å²) in [5, 5.41) is 10.2. The first-order chi connectivity index (χ1) is 8.54. The largest absolute Gasteiger partial charge is 0.480 e. The maximum Gasteiger partial charge on any atom is 0.349 e. The first-order valence-electron chi connectivity index (χ1n) is 5.38. The predicted octanol–water partition coefficient (Wildman–Crippen LogP) is 1.26. The Morgan fingerprint density at radius 1 is 1.44 bits per heavy atom. The Morgan fingerprint density at radius 3 is 2.56 bits per heavy atom. The molecule has 1 rings (SSSR count). The molecule has 0 bridgehead atoms. The molecular formula is C13H15NO4. The minimum absolute atomic E-state index is 0.247. The molecule has 5 heteroatoms. The van der Waals surface area contributed by atoms with Crippen molar-refractivity contribution in [1.82, 2.24) is 5.06 Å². The lowest BCUT2D eigenvalue weighted by molar-refractivity contribution is -0.193. The zero-order chi connectivity index (χ0) is 13.5. The van der Waals surface area contributed by atoms with Gasteiger partial charge in [0.2, 0.25) is 0 Å². The summed E-state index contributed by atoms with van der Waals surface area (Å²) in [6, 6.07) is 8.20. The molecule has 1 atom stereocenters. The summed E-state index contributed by atoms with van der Waals surface area (Å²) < 4.78 is 0. The highest BCUT2D eigenvalue weighted by Gasteiger charge is 2.25. The van der Waals surface area contributed by atoms with Crippen LogP contribution in [0.1, 0.15) is 5.56 Å². The van der Waals surface area contributed by atoms with Crippen LogP contribution in [0.5, 0.6) is 0 Å². The number of hydrogen-bond donors (Lipinski definition) is 1. The lowest BCUT2D eigenvalue weighted by Gasteiger charge is -2.22. The number of nitrogens with zero attached hydrogens (tertiary/aromatic N) is 1. The van der Waals surface area contributed by atoms with Crippen molar-refractivity contribution in [2.24, 2.45) is 0 Å². The molecule has 1 N–H and O–H groups in total. The number of carbonyl (C=O) groups excluding carboxylic acids is 1. The molecule has 5 nitrogen and oxygen atoms in total. The molecule has 96 valence electrons. The number of carbonyl (C=O) groups is 2. The summed E-state index contributed by atoms with van der Waals surface area (Å²) >= 11 is 0. The summed E-state index contributed by atoms with van der Waals surface area (Å²) in [7, 11) is 1.41. The molecule has 0 aromatic heterocycles. The topological polar surface area (TPSA) is 66.8 Å². The zero-order valence-corrected chi connectivity index (χ0v) is 10.1. The summed E-state index contributed by atoms with van der Waals surface area (Å²) in [5.74, 6) is -1.74. The van der Waals surface area contributed by atoms with Gasteiger partial charge in [0, 0.05) is 19.5 Å². The second-order valence-corrected chi connectivity index (χ2v) is 3.70. The molecule has 0 heterocycles. The van der Waals surface area contributed by atoms with Crippen molar-refractivity contribution in [3.63, 3.8) is 0 Å². The van der Waals surface area contributed by atoms with Crippen molar-refractivity contribution in [3.05, 3.63) is 48.6 Å². The molecule has 1 aromatic carbocycles. The monoisotopic (exact) mass is 249 g/mol. The molecule has 0 saturated carbocycles. The Kier molecular flexibility index (Phi) is 5.07. The highest BCUT2D eigenvalue weighted by molar-refractivity contribution is 5.81. The number of rotatable bonds is 6. The van der Waals surface area contributed by atoms with Gasteiger partial charge in [-0.05, 0) is 5.56 Å². The molecule has 0 unspecified atom stereocenters. The molecular weight excluding hydrogens is 234 g/mol. The van der Waals surface area contributed by atoms with Gasteiger partial charge < -0.3 is 9.94 Å². The Balaban J connectivity index is 2.74. The van der Waals surface area contributed by atoms with Crippen LogP contribution in [-0.4, -0.2) is 35.2 Å². The number of likely N-dealkylation sites (N-methyl/N-ethyl adjacent to an activating group) is 1. The molecule has 0 radical (unpaired) electrons. The van der Waals surface area contributed by atoms with Crippen LogP contribution in [0.4, 0.5) is 0 Å². The summed E-state index contributed by atoms with van der Waals surface area (Å²) in [4.78, 5) is 27.0. The molecule has 18 heavy (non-hydrogen) atoms. The van der Waals surface area contributed by atoms with Crippen LogP contribution in [-0.2, 0) is 20.8 Å².